The second-order valence-corrected chi connectivity index (χ2v) is 23.8. The first-order valence-corrected chi connectivity index (χ1v) is 29.7. The molecule has 18 rings (SSSR count). The molecule has 0 unspecified atom stereocenters. The van der Waals surface area contributed by atoms with E-state index in [0.717, 1.165) is 116 Å². The van der Waals surface area contributed by atoms with Crippen LogP contribution < -0.4 is 9.30 Å². The predicted octanol–water partition coefficient (Wildman–Crippen LogP) is 20.4. The molecule has 0 spiro atoms. The summed E-state index contributed by atoms with van der Waals surface area (Å²) >= 11 is 0. The molecule has 0 amide bonds. The molecule has 0 atom stereocenters. The second kappa shape index (κ2) is 20.2. The van der Waals surface area contributed by atoms with Crippen LogP contribution in [0.2, 0.25) is 0 Å². The van der Waals surface area contributed by atoms with Crippen molar-refractivity contribution in [3.05, 3.63) is 291 Å². The molecule has 6 nitrogen and oxygen atoms in total. The SMILES string of the molecule is [2H]c1c([2H])c([2H])c(-c2cccc3c2-[n+]2[c-]n(-c4[c-]c(Oc5[c-]c6c(cc5)c5cc7c(cc5n6-c5cc(C(C)(C)C)ccn5)c5ccccc5c5ccccc5c5cccc6c8ccccc8n7c56)ccc4)c4cccc(c42)-c2ccccc2-c2ccccc2-3)c([2H])c1[2H].[Pt]. The molecular formula is C82H53N5OPt-2. The molecule has 89 heavy (non-hydrogen) atoms. The van der Waals surface area contributed by atoms with Gasteiger partial charge in [0.05, 0.1) is 40.1 Å². The molecule has 0 N–H and O–H groups in total. The average molecular weight is 1320 g/mol. The smallest absolute Gasteiger partial charge is 0.268 e. The summed E-state index contributed by atoms with van der Waals surface area (Å²) in [5.74, 6) is 1.68. The zero-order valence-corrected chi connectivity index (χ0v) is 50.7. The monoisotopic (exact) mass is 1320 g/mol. The van der Waals surface area contributed by atoms with Crippen molar-refractivity contribution in [3.63, 3.8) is 0 Å². The van der Waals surface area contributed by atoms with Crippen LogP contribution in [0.3, 0.4) is 0 Å². The number of pyridine rings is 1. The number of nitrogens with zero attached hydrogens (tertiary/aromatic N) is 5. The first-order valence-electron chi connectivity index (χ1n) is 32.2. The van der Waals surface area contributed by atoms with E-state index in [4.69, 9.17) is 13.8 Å². The minimum absolute atomic E-state index is 0. The van der Waals surface area contributed by atoms with E-state index in [0.29, 0.717) is 28.4 Å². The summed E-state index contributed by atoms with van der Waals surface area (Å²) < 4.78 is 60.6. The number of rotatable bonds is 5. The van der Waals surface area contributed by atoms with Gasteiger partial charge in [0.2, 0.25) is 0 Å². The fraction of sp³-hybridized carbons (Fsp3) is 0.0488. The molecule has 12 aromatic carbocycles. The van der Waals surface area contributed by atoms with E-state index < -0.39 is 18.1 Å². The molecule has 7 heteroatoms. The van der Waals surface area contributed by atoms with Crippen LogP contribution >= 0.6 is 0 Å². The normalized spacial score (nSPS) is 12.9. The van der Waals surface area contributed by atoms with Crippen molar-refractivity contribution >= 4 is 92.5 Å². The van der Waals surface area contributed by atoms with E-state index in [1.807, 2.05) is 88.1 Å². The molecule has 0 saturated carbocycles. The molecule has 1 aliphatic heterocycles. The molecule has 0 bridgehead atoms. The van der Waals surface area contributed by atoms with Crippen LogP contribution in [0.4, 0.5) is 0 Å². The Morgan fingerprint density at radius 1 is 0.449 bits per heavy atom. The minimum Gasteiger partial charge on any atom is -0.510 e. The number of fused-ring (bicyclic) bond motifs is 20. The quantitative estimate of drug-likeness (QED) is 0.127. The Morgan fingerprint density at radius 3 is 1.73 bits per heavy atom. The van der Waals surface area contributed by atoms with Gasteiger partial charge < -0.3 is 18.3 Å². The van der Waals surface area contributed by atoms with Gasteiger partial charge in [-0.25, -0.2) is 4.98 Å². The third-order valence-electron chi connectivity index (χ3n) is 17.9. The fourth-order valence-electron chi connectivity index (χ4n) is 14.0. The molecule has 0 fully saturated rings. The minimum atomic E-state index is -0.453. The first kappa shape index (κ1) is 47.5. The van der Waals surface area contributed by atoms with E-state index in [1.165, 1.54) is 21.5 Å². The number of ether oxygens (including phenoxy) is 1. The Morgan fingerprint density at radius 2 is 0.989 bits per heavy atom. The van der Waals surface area contributed by atoms with Gasteiger partial charge in [0.15, 0.2) is 0 Å². The van der Waals surface area contributed by atoms with Crippen LogP contribution in [-0.4, -0.2) is 18.5 Å². The molecule has 0 aliphatic carbocycles. The number of benzene rings is 12. The molecule has 6 heterocycles. The van der Waals surface area contributed by atoms with Crippen LogP contribution in [0.25, 0.3) is 154 Å². The summed E-state index contributed by atoms with van der Waals surface area (Å²) in [6.45, 7) is 6.68. The van der Waals surface area contributed by atoms with Crippen molar-refractivity contribution in [2.75, 3.05) is 0 Å². The molecule has 0 saturated heterocycles. The van der Waals surface area contributed by atoms with E-state index in [-0.39, 0.29) is 44.1 Å². The number of hydrogen-bond donors (Lipinski definition) is 0. The molecule has 5 aromatic heterocycles. The van der Waals surface area contributed by atoms with Crippen molar-refractivity contribution < 1.29 is 37.2 Å². The van der Waals surface area contributed by atoms with Gasteiger partial charge in [0, 0.05) is 65.8 Å². The summed E-state index contributed by atoms with van der Waals surface area (Å²) in [5.41, 5.74) is 15.1. The maximum atomic E-state index is 9.32. The third-order valence-corrected chi connectivity index (χ3v) is 17.9. The molecule has 0 radical (unpaired) electrons. The Balaban J connectivity index is 0.00000672. The van der Waals surface area contributed by atoms with Crippen LogP contribution in [0.5, 0.6) is 11.5 Å². The maximum Gasteiger partial charge on any atom is 0.268 e. The Kier molecular flexibility index (Phi) is 10.8. The predicted molar refractivity (Wildman–Crippen MR) is 361 cm³/mol. The van der Waals surface area contributed by atoms with Gasteiger partial charge in [-0.3, -0.25) is 4.57 Å². The Bertz CT molecular complexity index is 6150. The van der Waals surface area contributed by atoms with Gasteiger partial charge in [-0.15, -0.1) is 29.7 Å². The van der Waals surface area contributed by atoms with E-state index in [9.17, 15) is 2.74 Å². The molecule has 1 aliphatic rings. The van der Waals surface area contributed by atoms with Crippen molar-refractivity contribution in [1.82, 2.24) is 18.5 Å². The van der Waals surface area contributed by atoms with Gasteiger partial charge >= 0.3 is 0 Å². The number of hydrogen-bond acceptors (Lipinski definition) is 2. The second-order valence-electron chi connectivity index (χ2n) is 23.8. The number of imidazole rings is 1. The van der Waals surface area contributed by atoms with Crippen molar-refractivity contribution in [2.24, 2.45) is 0 Å². The fourth-order valence-corrected chi connectivity index (χ4v) is 14.0. The van der Waals surface area contributed by atoms with Crippen LogP contribution in [0.1, 0.15) is 33.2 Å². The van der Waals surface area contributed by atoms with E-state index in [2.05, 4.69) is 206 Å². The third kappa shape index (κ3) is 8.06. The summed E-state index contributed by atoms with van der Waals surface area (Å²) in [7, 11) is 0. The van der Waals surface area contributed by atoms with Crippen molar-refractivity contribution in [3.8, 4) is 73.2 Å². The van der Waals surface area contributed by atoms with Gasteiger partial charge in [0.25, 0.3) is 6.33 Å². The van der Waals surface area contributed by atoms with E-state index >= 15 is 0 Å². The van der Waals surface area contributed by atoms with Gasteiger partial charge in [0.1, 0.15) is 5.82 Å². The summed E-state index contributed by atoms with van der Waals surface area (Å²) in [4.78, 5) is 5.16. The standard InChI is InChI=1S/C82H53N5O.Pt/c1-82(2,3)52-43-44-83-78(45-52)86-75-47-55(41-42-66(75)72-49-77-71(48-76(72)86)64-32-14-10-28-60(64)59-27-8-12-30-62(59)68-36-19-37-70-65-33-15-16-39-73(65)87(77)80(68)70)88-54-24-17-23-53(46-54)84-50-85-79-56(51-21-5-4-6-22-51)34-18-35-67(79)61-29-11-7-25-57(61)58-26-9-13-31-63(58)69-38-20-40-74(84)81(69)85;/h4-45,48-49H,1-3H3;/q-2;/i4D,5D,6D,21D,22D;. The van der Waals surface area contributed by atoms with Gasteiger partial charge in [-0.2, -0.15) is 18.2 Å². The van der Waals surface area contributed by atoms with Crippen molar-refractivity contribution in [2.45, 2.75) is 26.2 Å². The zero-order valence-electron chi connectivity index (χ0n) is 53.5. The van der Waals surface area contributed by atoms with Crippen LogP contribution in [-0.2, 0) is 26.5 Å². The first-order chi connectivity index (χ1) is 45.4. The topological polar surface area (TPSA) is 40.3 Å². The van der Waals surface area contributed by atoms with E-state index in [1.54, 1.807) is 0 Å². The summed E-state index contributed by atoms with van der Waals surface area (Å²) in [6.07, 6.45) is 5.67. The molecule has 424 valence electrons. The average Bonchev–Trinajstić information content (AvgIpc) is 1.53. The van der Waals surface area contributed by atoms with Gasteiger partial charge in [-0.1, -0.05) is 226 Å². The Labute approximate surface area is 535 Å². The van der Waals surface area contributed by atoms with Crippen molar-refractivity contribution in [1.29, 1.82) is 0 Å². The largest absolute Gasteiger partial charge is 0.510 e. The van der Waals surface area contributed by atoms with Gasteiger partial charge in [-0.05, 0) is 118 Å². The molecular weight excluding hydrogens is 1270 g/mol. The Hall–Kier alpha value is -10.7. The summed E-state index contributed by atoms with van der Waals surface area (Å²) in [5, 5.41) is 11.2. The maximum absolute atomic E-state index is 9.32. The number of para-hydroxylation sites is 4. The van der Waals surface area contributed by atoms with Crippen LogP contribution in [0, 0.1) is 18.5 Å². The molecule has 17 aromatic rings. The van der Waals surface area contributed by atoms with Crippen LogP contribution in [0.15, 0.2) is 267 Å². The zero-order chi connectivity index (χ0) is 62.7. The summed E-state index contributed by atoms with van der Waals surface area (Å²) in [6, 6.07) is 86.2. The number of aromatic nitrogens is 5.